The predicted octanol–water partition coefficient (Wildman–Crippen LogP) is 5.86. The van der Waals surface area contributed by atoms with Crippen molar-refractivity contribution in [3.05, 3.63) is 56.2 Å². The van der Waals surface area contributed by atoms with Crippen LogP contribution in [0.4, 0.5) is 0 Å². The Kier molecular flexibility index (Phi) is 5.28. The van der Waals surface area contributed by atoms with Gasteiger partial charge in [-0.25, -0.2) is 0 Å². The average Bonchev–Trinajstić information content (AvgIpc) is 2.93. The highest BCUT2D eigenvalue weighted by Gasteiger charge is 2.15. The summed E-state index contributed by atoms with van der Waals surface area (Å²) in [7, 11) is 0. The third kappa shape index (κ3) is 3.73. The highest BCUT2D eigenvalue weighted by molar-refractivity contribution is 7.10. The summed E-state index contributed by atoms with van der Waals surface area (Å²) < 4.78 is 0. The fourth-order valence-corrected chi connectivity index (χ4v) is 3.15. The molecule has 1 aromatic heterocycles. The fourth-order valence-electron chi connectivity index (χ4n) is 2.10. The SMILES string of the molecule is CCC(N[C@H](C)c1cccs1)c1ccc(Cl)c(Cl)c1. The Bertz CT molecular complexity index is 525. The fraction of sp³-hybridized carbons (Fsp3) is 0.333. The van der Waals surface area contributed by atoms with Crippen LogP contribution in [0.3, 0.4) is 0 Å². The average molecular weight is 314 g/mol. The van der Waals surface area contributed by atoms with Crippen molar-refractivity contribution < 1.29 is 0 Å². The summed E-state index contributed by atoms with van der Waals surface area (Å²) >= 11 is 13.8. The Morgan fingerprint density at radius 1 is 1.21 bits per heavy atom. The van der Waals surface area contributed by atoms with Gasteiger partial charge in [-0.1, -0.05) is 42.3 Å². The number of nitrogens with one attached hydrogen (secondary N) is 1. The first kappa shape index (κ1) is 14.9. The van der Waals surface area contributed by atoms with Crippen LogP contribution in [0.25, 0.3) is 0 Å². The summed E-state index contributed by atoms with van der Waals surface area (Å²) in [5.41, 5.74) is 1.18. The van der Waals surface area contributed by atoms with Gasteiger partial charge in [0.1, 0.15) is 0 Å². The van der Waals surface area contributed by atoms with Crippen LogP contribution in [0, 0.1) is 0 Å². The second-order valence-corrected chi connectivity index (χ2v) is 6.33. The zero-order chi connectivity index (χ0) is 13.8. The summed E-state index contributed by atoms with van der Waals surface area (Å²) in [4.78, 5) is 1.35. The molecule has 1 aromatic carbocycles. The van der Waals surface area contributed by atoms with Crippen LogP contribution in [-0.4, -0.2) is 0 Å². The Labute approximate surface area is 128 Å². The maximum absolute atomic E-state index is 6.09. The van der Waals surface area contributed by atoms with E-state index in [0.29, 0.717) is 16.1 Å². The zero-order valence-corrected chi connectivity index (χ0v) is 13.3. The van der Waals surface area contributed by atoms with Gasteiger partial charge >= 0.3 is 0 Å². The van der Waals surface area contributed by atoms with Crippen molar-refractivity contribution >= 4 is 34.5 Å². The van der Waals surface area contributed by atoms with E-state index in [4.69, 9.17) is 23.2 Å². The van der Waals surface area contributed by atoms with E-state index in [1.165, 1.54) is 10.4 Å². The van der Waals surface area contributed by atoms with E-state index in [9.17, 15) is 0 Å². The molecule has 4 heteroatoms. The lowest BCUT2D eigenvalue weighted by Gasteiger charge is -2.22. The maximum atomic E-state index is 6.09. The zero-order valence-electron chi connectivity index (χ0n) is 11.0. The molecule has 102 valence electrons. The van der Waals surface area contributed by atoms with Crippen LogP contribution in [-0.2, 0) is 0 Å². The standard InChI is InChI=1S/C15H17Cl2NS/c1-3-14(11-6-7-12(16)13(17)9-11)18-10(2)15-5-4-8-19-15/h4-10,14,18H,3H2,1-2H3/t10-,14?/m1/s1. The van der Waals surface area contributed by atoms with Crippen LogP contribution >= 0.6 is 34.5 Å². The molecule has 0 saturated heterocycles. The molecular formula is C15H17Cl2NS. The van der Waals surface area contributed by atoms with Gasteiger partial charge in [-0.15, -0.1) is 11.3 Å². The third-order valence-corrected chi connectivity index (χ3v) is 4.97. The molecule has 1 N–H and O–H groups in total. The predicted molar refractivity (Wildman–Crippen MR) is 85.4 cm³/mol. The molecule has 2 aromatic rings. The third-order valence-electron chi connectivity index (χ3n) is 3.18. The quantitative estimate of drug-likeness (QED) is 0.729. The first-order chi connectivity index (χ1) is 9.11. The molecule has 19 heavy (non-hydrogen) atoms. The van der Waals surface area contributed by atoms with E-state index in [-0.39, 0.29) is 6.04 Å². The van der Waals surface area contributed by atoms with Gasteiger partial charge in [-0.2, -0.15) is 0 Å². The second-order valence-electron chi connectivity index (χ2n) is 4.54. The van der Waals surface area contributed by atoms with Crippen molar-refractivity contribution in [2.75, 3.05) is 0 Å². The molecule has 0 saturated carbocycles. The van der Waals surface area contributed by atoms with Gasteiger partial charge < -0.3 is 5.32 Å². The minimum absolute atomic E-state index is 0.284. The first-order valence-corrected chi connectivity index (χ1v) is 7.99. The molecule has 1 heterocycles. The minimum Gasteiger partial charge on any atom is -0.303 e. The number of thiophene rings is 1. The monoisotopic (exact) mass is 313 g/mol. The van der Waals surface area contributed by atoms with Crippen molar-refractivity contribution in [3.8, 4) is 0 Å². The van der Waals surface area contributed by atoms with Crippen LogP contribution < -0.4 is 5.32 Å². The van der Waals surface area contributed by atoms with E-state index in [1.54, 1.807) is 11.3 Å². The summed E-state index contributed by atoms with van der Waals surface area (Å²) in [6.45, 7) is 4.35. The van der Waals surface area contributed by atoms with Gasteiger partial charge in [0.2, 0.25) is 0 Å². The van der Waals surface area contributed by atoms with Gasteiger partial charge in [0.15, 0.2) is 0 Å². The highest BCUT2D eigenvalue weighted by Crippen LogP contribution is 2.29. The van der Waals surface area contributed by atoms with E-state index >= 15 is 0 Å². The van der Waals surface area contributed by atoms with Crippen LogP contribution in [0.2, 0.25) is 10.0 Å². The smallest absolute Gasteiger partial charge is 0.0595 e. The molecule has 1 unspecified atom stereocenters. The van der Waals surface area contributed by atoms with Gasteiger partial charge in [0, 0.05) is 17.0 Å². The second kappa shape index (κ2) is 6.76. The van der Waals surface area contributed by atoms with Gasteiger partial charge in [-0.05, 0) is 42.5 Å². The Hall–Kier alpha value is -0.540. The number of hydrogen-bond acceptors (Lipinski definition) is 2. The summed E-state index contributed by atoms with van der Waals surface area (Å²) in [5.74, 6) is 0. The summed E-state index contributed by atoms with van der Waals surface area (Å²) in [6.07, 6.45) is 1.01. The van der Waals surface area contributed by atoms with E-state index in [2.05, 4.69) is 36.7 Å². The van der Waals surface area contributed by atoms with Crippen molar-refractivity contribution in [3.63, 3.8) is 0 Å². The molecule has 0 aliphatic carbocycles. The molecule has 2 rings (SSSR count). The van der Waals surface area contributed by atoms with E-state index in [1.807, 2.05) is 18.2 Å². The molecule has 1 nitrogen and oxygen atoms in total. The lowest BCUT2D eigenvalue weighted by molar-refractivity contribution is 0.460. The molecular weight excluding hydrogens is 297 g/mol. The topological polar surface area (TPSA) is 12.0 Å². The molecule has 0 radical (unpaired) electrons. The lowest BCUT2D eigenvalue weighted by Crippen LogP contribution is -2.23. The number of halogens is 2. The van der Waals surface area contributed by atoms with E-state index < -0.39 is 0 Å². The van der Waals surface area contributed by atoms with Gasteiger partial charge in [-0.3, -0.25) is 0 Å². The lowest BCUT2D eigenvalue weighted by atomic mass is 10.0. The van der Waals surface area contributed by atoms with Crippen molar-refractivity contribution in [2.24, 2.45) is 0 Å². The van der Waals surface area contributed by atoms with E-state index in [0.717, 1.165) is 6.42 Å². The normalized spacial score (nSPS) is 14.3. The van der Waals surface area contributed by atoms with Crippen molar-refractivity contribution in [2.45, 2.75) is 32.4 Å². The van der Waals surface area contributed by atoms with Gasteiger partial charge in [0.25, 0.3) is 0 Å². The van der Waals surface area contributed by atoms with Crippen LogP contribution in [0.15, 0.2) is 35.7 Å². The van der Waals surface area contributed by atoms with Crippen LogP contribution in [0.5, 0.6) is 0 Å². The van der Waals surface area contributed by atoms with Crippen LogP contribution in [0.1, 0.15) is 42.8 Å². The Morgan fingerprint density at radius 3 is 2.58 bits per heavy atom. The molecule has 0 spiro atoms. The summed E-state index contributed by atoms with van der Waals surface area (Å²) in [5, 5.41) is 6.96. The number of benzene rings is 1. The largest absolute Gasteiger partial charge is 0.303 e. The molecule has 0 bridgehead atoms. The summed E-state index contributed by atoms with van der Waals surface area (Å²) in [6, 6.07) is 10.7. The Morgan fingerprint density at radius 2 is 2.00 bits per heavy atom. The van der Waals surface area contributed by atoms with Crippen molar-refractivity contribution in [1.82, 2.24) is 5.32 Å². The van der Waals surface area contributed by atoms with Crippen molar-refractivity contribution in [1.29, 1.82) is 0 Å². The maximum Gasteiger partial charge on any atom is 0.0595 e. The molecule has 0 fully saturated rings. The minimum atomic E-state index is 0.284. The van der Waals surface area contributed by atoms with Gasteiger partial charge in [0.05, 0.1) is 10.0 Å². The Balaban J connectivity index is 2.13. The number of hydrogen-bond donors (Lipinski definition) is 1. The molecule has 0 amide bonds. The highest BCUT2D eigenvalue weighted by atomic mass is 35.5. The molecule has 0 aliphatic heterocycles. The first-order valence-electron chi connectivity index (χ1n) is 6.36. The molecule has 0 aliphatic rings. The molecule has 2 atom stereocenters. The number of rotatable bonds is 5.